The molecule has 0 spiro atoms. The summed E-state index contributed by atoms with van der Waals surface area (Å²) >= 11 is 1.37. The molecule has 38 heavy (non-hydrogen) atoms. The molecule has 0 aliphatic carbocycles. The van der Waals surface area contributed by atoms with E-state index in [1.807, 2.05) is 24.3 Å². The fourth-order valence-corrected chi connectivity index (χ4v) is 5.79. The number of amides is 1. The Kier molecular flexibility index (Phi) is 13.2. The number of ether oxygens (including phenoxy) is 1. The second-order valence-corrected chi connectivity index (χ2v) is 11.1. The smallest absolute Gasteiger partial charge is 0.337 e. The Morgan fingerprint density at radius 3 is 1.95 bits per heavy atom. The summed E-state index contributed by atoms with van der Waals surface area (Å²) in [7, 11) is 0. The summed E-state index contributed by atoms with van der Waals surface area (Å²) in [5.74, 6) is -0.840. The first-order chi connectivity index (χ1) is 18.6. The molecule has 3 aromatic rings. The number of carboxylic acid groups (broad SMARTS) is 1. The van der Waals surface area contributed by atoms with Gasteiger partial charge in [0.05, 0.1) is 17.9 Å². The number of rotatable bonds is 19. The summed E-state index contributed by atoms with van der Waals surface area (Å²) in [5.41, 5.74) is 0.340. The number of carboxylic acids is 1. The van der Waals surface area contributed by atoms with Gasteiger partial charge < -0.3 is 15.2 Å². The minimum absolute atomic E-state index is 0.0619. The predicted octanol–water partition coefficient (Wildman–Crippen LogP) is 9.71. The summed E-state index contributed by atoms with van der Waals surface area (Å²) < 4.78 is 7.14. The average Bonchev–Trinajstić information content (AvgIpc) is 3.30. The lowest BCUT2D eigenvalue weighted by Gasteiger charge is -2.10. The van der Waals surface area contributed by atoms with Crippen LogP contribution >= 0.6 is 11.3 Å². The Morgan fingerprint density at radius 2 is 1.32 bits per heavy atom. The van der Waals surface area contributed by atoms with Gasteiger partial charge in [-0.1, -0.05) is 115 Å². The predicted molar refractivity (Wildman–Crippen MR) is 159 cm³/mol. The summed E-state index contributed by atoms with van der Waals surface area (Å²) in [6.07, 6.45) is 18.3. The molecule has 3 rings (SSSR count). The van der Waals surface area contributed by atoms with Gasteiger partial charge in [-0.3, -0.25) is 4.79 Å². The van der Waals surface area contributed by atoms with Crippen molar-refractivity contribution in [2.75, 3.05) is 11.9 Å². The van der Waals surface area contributed by atoms with Gasteiger partial charge >= 0.3 is 5.97 Å². The highest BCUT2D eigenvalue weighted by Gasteiger charge is 2.21. The van der Waals surface area contributed by atoms with Crippen LogP contribution in [0.15, 0.2) is 48.5 Å². The van der Waals surface area contributed by atoms with Crippen molar-refractivity contribution in [3.8, 4) is 5.75 Å². The molecule has 0 bridgehead atoms. The topological polar surface area (TPSA) is 75.6 Å². The number of hydrogen-bond donors (Lipinski definition) is 2. The fourth-order valence-electron chi connectivity index (χ4n) is 4.74. The van der Waals surface area contributed by atoms with Crippen molar-refractivity contribution in [2.45, 2.75) is 96.8 Å². The molecular weight excluding hydrogens is 494 g/mol. The molecule has 6 heteroatoms. The number of carbonyl (C=O) groups excluding carboxylic acids is 1. The quantitative estimate of drug-likeness (QED) is 0.149. The van der Waals surface area contributed by atoms with Crippen molar-refractivity contribution in [1.82, 2.24) is 0 Å². The molecule has 2 N–H and O–H groups in total. The van der Waals surface area contributed by atoms with Crippen LogP contribution in [0.3, 0.4) is 0 Å². The van der Waals surface area contributed by atoms with E-state index in [4.69, 9.17) is 4.74 Å². The van der Waals surface area contributed by atoms with Crippen molar-refractivity contribution >= 4 is 39.0 Å². The van der Waals surface area contributed by atoms with E-state index in [-0.39, 0.29) is 17.2 Å². The highest BCUT2D eigenvalue weighted by atomic mass is 32.1. The normalized spacial score (nSPS) is 11.1. The lowest BCUT2D eigenvalue weighted by Crippen LogP contribution is -2.14. The second kappa shape index (κ2) is 16.9. The number of benzene rings is 2. The zero-order chi connectivity index (χ0) is 27.0. The summed E-state index contributed by atoms with van der Waals surface area (Å²) in [6.45, 7) is 2.83. The molecule has 1 amide bonds. The third kappa shape index (κ3) is 9.46. The minimum atomic E-state index is -1.08. The number of hydrogen-bond acceptors (Lipinski definition) is 4. The third-order valence-electron chi connectivity index (χ3n) is 6.91. The van der Waals surface area contributed by atoms with Gasteiger partial charge in [0.15, 0.2) is 5.75 Å². The van der Waals surface area contributed by atoms with E-state index < -0.39 is 5.97 Å². The molecule has 0 aliphatic heterocycles. The van der Waals surface area contributed by atoms with E-state index >= 15 is 0 Å². The second-order valence-electron chi connectivity index (χ2n) is 10.0. The van der Waals surface area contributed by atoms with Gasteiger partial charge in [0.1, 0.15) is 4.88 Å². The van der Waals surface area contributed by atoms with Crippen LogP contribution in [0.1, 0.15) is 117 Å². The number of fused-ring (bicyclic) bond motifs is 1. The first kappa shape index (κ1) is 29.7. The van der Waals surface area contributed by atoms with E-state index in [0.717, 1.165) is 22.9 Å². The van der Waals surface area contributed by atoms with Gasteiger partial charge in [-0.15, -0.1) is 11.3 Å². The van der Waals surface area contributed by atoms with E-state index in [2.05, 4.69) is 12.2 Å². The van der Waals surface area contributed by atoms with E-state index in [9.17, 15) is 14.7 Å². The Labute approximate surface area is 231 Å². The highest BCUT2D eigenvalue weighted by Crippen LogP contribution is 2.38. The van der Waals surface area contributed by atoms with Crippen molar-refractivity contribution in [3.63, 3.8) is 0 Å². The molecule has 0 unspecified atom stereocenters. The van der Waals surface area contributed by atoms with Crippen molar-refractivity contribution in [2.24, 2.45) is 0 Å². The molecule has 0 fully saturated rings. The maximum absolute atomic E-state index is 13.2. The van der Waals surface area contributed by atoms with Gasteiger partial charge in [0, 0.05) is 10.1 Å². The number of para-hydroxylation sites is 1. The molecule has 0 radical (unpaired) electrons. The molecule has 0 saturated heterocycles. The SMILES string of the molecule is CCCCCCCCCCCCCCCCOc1c(C(=O)Nc2ccccc2C(=O)O)sc2ccccc12. The lowest BCUT2D eigenvalue weighted by atomic mass is 10.0. The number of nitrogens with one attached hydrogen (secondary N) is 1. The molecule has 1 heterocycles. The maximum atomic E-state index is 13.2. The maximum Gasteiger partial charge on any atom is 0.337 e. The molecule has 0 saturated carbocycles. The molecule has 206 valence electrons. The lowest BCUT2D eigenvalue weighted by molar-refractivity contribution is 0.0698. The fraction of sp³-hybridized carbons (Fsp3) is 0.500. The van der Waals surface area contributed by atoms with Crippen molar-refractivity contribution in [3.05, 3.63) is 59.0 Å². The molecule has 0 aliphatic rings. The van der Waals surface area contributed by atoms with Gasteiger partial charge in [-0.2, -0.15) is 0 Å². The van der Waals surface area contributed by atoms with Gasteiger partial charge in [0.25, 0.3) is 5.91 Å². The number of aromatic carboxylic acids is 1. The monoisotopic (exact) mass is 537 g/mol. The average molecular weight is 538 g/mol. The molecule has 0 atom stereocenters. The van der Waals surface area contributed by atoms with Gasteiger partial charge in [-0.05, 0) is 30.7 Å². The van der Waals surface area contributed by atoms with E-state index in [0.29, 0.717) is 17.2 Å². The van der Waals surface area contributed by atoms with E-state index in [1.54, 1.807) is 18.2 Å². The Hall–Kier alpha value is -2.86. The van der Waals surface area contributed by atoms with Crippen molar-refractivity contribution in [1.29, 1.82) is 0 Å². The molecule has 5 nitrogen and oxygen atoms in total. The highest BCUT2D eigenvalue weighted by molar-refractivity contribution is 7.21. The van der Waals surface area contributed by atoms with Crippen LogP contribution in [0.5, 0.6) is 5.75 Å². The zero-order valence-electron chi connectivity index (χ0n) is 22.8. The number of carbonyl (C=O) groups is 2. The summed E-state index contributed by atoms with van der Waals surface area (Å²) in [5, 5.41) is 13.1. The Balaban J connectivity index is 1.40. The standard InChI is InChI=1S/C32H43NO4S/c1-2-3-4-5-6-7-8-9-10-11-12-13-14-19-24-37-29-26-21-16-18-23-28(26)38-30(29)31(34)33-27-22-17-15-20-25(27)32(35)36/h15-18,20-23H,2-14,19,24H2,1H3,(H,33,34)(H,35,36). The minimum Gasteiger partial charge on any atom is -0.491 e. The first-order valence-corrected chi connectivity index (χ1v) is 15.2. The van der Waals surface area contributed by atoms with Gasteiger partial charge in [0.2, 0.25) is 0 Å². The number of unbranched alkanes of at least 4 members (excludes halogenated alkanes) is 13. The van der Waals surface area contributed by atoms with Crippen LogP contribution in [0, 0.1) is 0 Å². The number of anilines is 1. The summed E-state index contributed by atoms with van der Waals surface area (Å²) in [4.78, 5) is 25.2. The largest absolute Gasteiger partial charge is 0.491 e. The molecule has 2 aromatic carbocycles. The van der Waals surface area contributed by atoms with Gasteiger partial charge in [-0.25, -0.2) is 4.79 Å². The van der Waals surface area contributed by atoms with Crippen LogP contribution in [0.2, 0.25) is 0 Å². The first-order valence-electron chi connectivity index (χ1n) is 14.4. The van der Waals surface area contributed by atoms with Crippen LogP contribution in [0.4, 0.5) is 5.69 Å². The van der Waals surface area contributed by atoms with Crippen molar-refractivity contribution < 1.29 is 19.4 Å². The number of thiophene rings is 1. The molecule has 1 aromatic heterocycles. The summed E-state index contributed by atoms with van der Waals surface area (Å²) in [6, 6.07) is 14.3. The zero-order valence-corrected chi connectivity index (χ0v) is 23.6. The van der Waals surface area contributed by atoms with Crippen LogP contribution < -0.4 is 10.1 Å². The third-order valence-corrected chi connectivity index (χ3v) is 8.06. The van der Waals surface area contributed by atoms with E-state index in [1.165, 1.54) is 94.5 Å². The Morgan fingerprint density at radius 1 is 0.763 bits per heavy atom. The van der Waals surface area contributed by atoms with Crippen LogP contribution in [0.25, 0.3) is 10.1 Å². The molecular formula is C32H43NO4S. The van der Waals surface area contributed by atoms with Crippen LogP contribution in [-0.2, 0) is 0 Å². The van der Waals surface area contributed by atoms with Crippen LogP contribution in [-0.4, -0.2) is 23.6 Å². The Bertz CT molecular complexity index is 1140.